The van der Waals surface area contributed by atoms with Crippen LogP contribution in [0.15, 0.2) is 11.6 Å². The summed E-state index contributed by atoms with van der Waals surface area (Å²) in [7, 11) is 1.55. The highest BCUT2D eigenvalue weighted by atomic mass is 16.8. The number of allylic oxidation sites excluding steroid dienone is 1. The van der Waals surface area contributed by atoms with Crippen LogP contribution in [0.4, 0.5) is 0 Å². The average molecular weight is 943 g/mol. The lowest BCUT2D eigenvalue weighted by atomic mass is 9.35. The first-order valence-corrected chi connectivity index (χ1v) is 24.2. The molecule has 9 N–H and O–H groups in total. The van der Waals surface area contributed by atoms with Gasteiger partial charge < -0.3 is 83.9 Å². The largest absolute Gasteiger partial charge is 0.394 e. The zero-order chi connectivity index (χ0) is 48.2. The molecule has 8 fully saturated rings. The molecular formula is C48H78O18. The van der Waals surface area contributed by atoms with Crippen molar-refractivity contribution in [1.29, 1.82) is 0 Å². The van der Waals surface area contributed by atoms with Crippen LogP contribution in [0.1, 0.15) is 107 Å². The van der Waals surface area contributed by atoms with Crippen LogP contribution in [0.2, 0.25) is 0 Å². The minimum Gasteiger partial charge on any atom is -0.394 e. The quantitative estimate of drug-likeness (QED) is 0.108. The van der Waals surface area contributed by atoms with E-state index in [1.54, 1.807) is 7.11 Å². The monoisotopic (exact) mass is 943 g/mol. The fourth-order valence-electron chi connectivity index (χ4n) is 15.0. The molecule has 18 nitrogen and oxygen atoms in total. The van der Waals surface area contributed by atoms with E-state index < -0.39 is 116 Å². The first kappa shape index (κ1) is 51.1. The molecule has 0 amide bonds. The average Bonchev–Trinajstić information content (AvgIpc) is 3.80. The number of ketones is 1. The molecule has 0 aromatic rings. The molecule has 4 saturated carbocycles. The second kappa shape index (κ2) is 18.4. The molecule has 4 heterocycles. The lowest BCUT2D eigenvalue weighted by Crippen LogP contribution is -2.67. The van der Waals surface area contributed by atoms with Gasteiger partial charge in [0, 0.05) is 31.8 Å². The van der Waals surface area contributed by atoms with Crippen molar-refractivity contribution in [2.45, 2.75) is 217 Å². The maximum atomic E-state index is 14.9. The Morgan fingerprint density at radius 3 is 2.03 bits per heavy atom. The third-order valence-electron chi connectivity index (χ3n) is 18.7. The smallest absolute Gasteiger partial charge is 0.187 e. The van der Waals surface area contributed by atoms with Crippen molar-refractivity contribution >= 4 is 5.78 Å². The topological polar surface area (TPSA) is 273 Å². The molecule has 18 heteroatoms. The Morgan fingerprint density at radius 1 is 0.742 bits per heavy atom. The van der Waals surface area contributed by atoms with Crippen LogP contribution in [0.5, 0.6) is 0 Å². The van der Waals surface area contributed by atoms with Gasteiger partial charge in [0.15, 0.2) is 25.2 Å². The molecule has 4 aliphatic carbocycles. The maximum Gasteiger partial charge on any atom is 0.187 e. The molecular weight excluding hydrogens is 865 g/mol. The van der Waals surface area contributed by atoms with Gasteiger partial charge in [-0.2, -0.15) is 0 Å². The summed E-state index contributed by atoms with van der Waals surface area (Å²) in [5.74, 6) is -0.347. The van der Waals surface area contributed by atoms with E-state index in [0.29, 0.717) is 25.7 Å². The maximum absolute atomic E-state index is 14.9. The van der Waals surface area contributed by atoms with E-state index in [0.717, 1.165) is 31.3 Å². The van der Waals surface area contributed by atoms with Crippen LogP contribution >= 0.6 is 0 Å². The first-order valence-electron chi connectivity index (χ1n) is 24.2. The van der Waals surface area contributed by atoms with Crippen molar-refractivity contribution in [3.8, 4) is 0 Å². The van der Waals surface area contributed by atoms with Gasteiger partial charge in [-0.05, 0) is 92.8 Å². The van der Waals surface area contributed by atoms with Crippen molar-refractivity contribution in [3.05, 3.63) is 11.6 Å². The summed E-state index contributed by atoms with van der Waals surface area (Å²) in [6, 6.07) is 0. The van der Waals surface area contributed by atoms with Crippen LogP contribution in [0.3, 0.4) is 0 Å². The molecule has 4 saturated heterocycles. The third-order valence-corrected chi connectivity index (χ3v) is 18.7. The third kappa shape index (κ3) is 8.11. The highest BCUT2D eigenvalue weighted by Crippen LogP contribution is 2.75. The summed E-state index contributed by atoms with van der Waals surface area (Å²) < 4.78 is 49.1. The number of hydrogen-bond acceptors (Lipinski definition) is 18. The number of aliphatic hydroxyl groups is 9. The molecule has 0 bridgehead atoms. The van der Waals surface area contributed by atoms with E-state index in [1.165, 1.54) is 6.92 Å². The van der Waals surface area contributed by atoms with Crippen molar-refractivity contribution in [1.82, 2.24) is 0 Å². The van der Waals surface area contributed by atoms with Gasteiger partial charge >= 0.3 is 0 Å². The predicted octanol–water partition coefficient (Wildman–Crippen LogP) is 0.809. The Labute approximate surface area is 387 Å². The van der Waals surface area contributed by atoms with Gasteiger partial charge in [-0.3, -0.25) is 4.79 Å². The van der Waals surface area contributed by atoms with Gasteiger partial charge in [-0.1, -0.05) is 46.3 Å². The number of rotatable bonds is 10. The molecule has 66 heavy (non-hydrogen) atoms. The highest BCUT2D eigenvalue weighted by Gasteiger charge is 2.73. The molecule has 0 aromatic carbocycles. The van der Waals surface area contributed by atoms with Crippen molar-refractivity contribution < 1.29 is 88.6 Å². The fraction of sp³-hybridized carbons (Fsp3) is 0.938. The SMILES string of the molecule is CO[C@H]1O[C@H](C=C(C)C)CC1(O)[C@H]1CC[C@]2(C)[C@@H]1C(=O)C[C@@H]1[C@@]3(C)CC[C@H](O[C@@H]4OC[C@H](O)[C@H](O[C@@H]5O[C@H](CO)[C@@H](O)[C@H](O)[C@H]5O)[C@H]4O[C@@H]4O[C@@H](C)[C@H](O)[C@@H](O)[C@H]4O)C(C)(C)[C@@H]3CC[C@]12C. The van der Waals surface area contributed by atoms with Crippen LogP contribution in [-0.4, -0.2) is 182 Å². The Bertz CT molecular complexity index is 1780. The highest BCUT2D eigenvalue weighted by molar-refractivity contribution is 5.84. The molecule has 25 atom stereocenters. The van der Waals surface area contributed by atoms with Crippen LogP contribution in [0.25, 0.3) is 0 Å². The minimum absolute atomic E-state index is 0.0461. The molecule has 0 aromatic heterocycles. The van der Waals surface area contributed by atoms with Gasteiger partial charge in [0.05, 0.1) is 31.5 Å². The second-order valence-corrected chi connectivity index (χ2v) is 22.8. The molecule has 1 unspecified atom stereocenters. The number of carbonyl (C=O) groups is 1. The molecule has 378 valence electrons. The Balaban J connectivity index is 1.04. The van der Waals surface area contributed by atoms with Gasteiger partial charge in [0.25, 0.3) is 0 Å². The van der Waals surface area contributed by atoms with E-state index in [9.17, 15) is 50.8 Å². The van der Waals surface area contributed by atoms with E-state index >= 15 is 0 Å². The normalized spacial score (nSPS) is 54.9. The summed E-state index contributed by atoms with van der Waals surface area (Å²) in [4.78, 5) is 14.9. The van der Waals surface area contributed by atoms with E-state index in [1.807, 2.05) is 19.9 Å². The molecule has 4 aliphatic heterocycles. The lowest BCUT2D eigenvalue weighted by molar-refractivity contribution is -0.388. The fourth-order valence-corrected chi connectivity index (χ4v) is 15.0. The molecule has 8 rings (SSSR count). The number of hydrogen-bond donors (Lipinski definition) is 9. The van der Waals surface area contributed by atoms with Gasteiger partial charge in [0.1, 0.15) is 72.4 Å². The zero-order valence-corrected chi connectivity index (χ0v) is 40.0. The molecule has 0 spiro atoms. The zero-order valence-electron chi connectivity index (χ0n) is 40.0. The van der Waals surface area contributed by atoms with Gasteiger partial charge in [-0.25, -0.2) is 0 Å². The van der Waals surface area contributed by atoms with E-state index in [4.69, 9.17) is 37.9 Å². The molecule has 0 radical (unpaired) electrons. The summed E-state index contributed by atoms with van der Waals surface area (Å²) in [5.41, 5.74) is -1.64. The van der Waals surface area contributed by atoms with Crippen LogP contribution in [-0.2, 0) is 42.7 Å². The number of ether oxygens (including phenoxy) is 8. The van der Waals surface area contributed by atoms with Crippen molar-refractivity contribution in [2.24, 2.45) is 45.3 Å². The van der Waals surface area contributed by atoms with Gasteiger partial charge in [0.2, 0.25) is 0 Å². The number of methoxy groups -OCH3 is 1. The summed E-state index contributed by atoms with van der Waals surface area (Å²) in [6.07, 6.45) is -15.7. The van der Waals surface area contributed by atoms with E-state index in [-0.39, 0.29) is 58.4 Å². The lowest BCUT2D eigenvalue weighted by Gasteiger charge is -2.69. The number of aliphatic hydroxyl groups excluding tert-OH is 8. The Hall–Kier alpha value is -1.27. The number of carbonyl (C=O) groups excluding carboxylic acids is 1. The van der Waals surface area contributed by atoms with Crippen molar-refractivity contribution in [3.63, 3.8) is 0 Å². The van der Waals surface area contributed by atoms with E-state index in [2.05, 4.69) is 34.6 Å². The van der Waals surface area contributed by atoms with Crippen LogP contribution < -0.4 is 0 Å². The summed E-state index contributed by atoms with van der Waals surface area (Å²) in [6.45, 7) is 15.8. The first-order chi connectivity index (χ1) is 30.9. The van der Waals surface area contributed by atoms with Crippen molar-refractivity contribution in [2.75, 3.05) is 20.3 Å². The van der Waals surface area contributed by atoms with Gasteiger partial charge in [-0.15, -0.1) is 0 Å². The summed E-state index contributed by atoms with van der Waals surface area (Å²) in [5, 5.41) is 97.9. The second-order valence-electron chi connectivity index (χ2n) is 22.8. The Kier molecular flexibility index (Phi) is 14.2. The molecule has 8 aliphatic rings. The number of Topliss-reactive ketones (excluding diaryl/α,β-unsaturated/α-hetero) is 1. The predicted molar refractivity (Wildman–Crippen MR) is 231 cm³/mol. The Morgan fingerprint density at radius 2 is 1.38 bits per heavy atom. The van der Waals surface area contributed by atoms with Crippen LogP contribution in [0, 0.1) is 45.3 Å². The summed E-state index contributed by atoms with van der Waals surface area (Å²) >= 11 is 0. The standard InChI is InChI=1S/C48H78O18/c1-21(2)16-23-18-48(58,43(59-9)62-23)24-10-14-47(8)31(24)25(50)17-29-45(6)13-12-30(44(4,5)28(45)11-15-46(29,47)7)64-42-39(66-40-36(56)34(54)32(52)22(3)61-40)38(26(51)20-60-42)65-41-37(57)35(55)33(53)27(19-49)63-41/h16,22-24,26-43,49,51-58H,10-15,17-20H2,1-9H3/t22-,23+,24-,26-,27+,28-,29+,30-,31-,32-,33+,34+,35-,36+,37+,38-,39+,40-,41-,42-,43-,45-,46+,47+,48?/m0/s1. The number of fused-ring (bicyclic) bond motifs is 5. The minimum atomic E-state index is -1.82.